The van der Waals surface area contributed by atoms with Crippen LogP contribution < -0.4 is 15.0 Å². The van der Waals surface area contributed by atoms with Crippen LogP contribution in [0.25, 0.3) is 0 Å². The van der Waals surface area contributed by atoms with Crippen molar-refractivity contribution < 1.29 is 29.0 Å². The Bertz CT molecular complexity index is 729. The van der Waals surface area contributed by atoms with Crippen molar-refractivity contribution in [2.45, 2.75) is 39.2 Å². The molecule has 0 unspecified atom stereocenters. The number of carboxylic acids is 1. The molecule has 2 N–H and O–H groups in total. The zero-order valence-corrected chi connectivity index (χ0v) is 15.4. The predicted molar refractivity (Wildman–Crippen MR) is 94.6 cm³/mol. The van der Waals surface area contributed by atoms with Crippen LogP contribution in [0.5, 0.6) is 5.75 Å². The number of aryl methyl sites for hydroxylation is 1. The van der Waals surface area contributed by atoms with Crippen LogP contribution >= 0.6 is 0 Å². The summed E-state index contributed by atoms with van der Waals surface area (Å²) in [5.41, 5.74) is 0.955. The summed E-state index contributed by atoms with van der Waals surface area (Å²) in [7, 11) is 1.26. The van der Waals surface area contributed by atoms with Crippen LogP contribution in [0.15, 0.2) is 12.1 Å². The summed E-state index contributed by atoms with van der Waals surface area (Å²) in [4.78, 5) is 36.7. The highest BCUT2D eigenvalue weighted by Gasteiger charge is 2.41. The van der Waals surface area contributed by atoms with Crippen molar-refractivity contribution in [1.82, 2.24) is 5.32 Å². The van der Waals surface area contributed by atoms with Gasteiger partial charge in [0.2, 0.25) is 0 Å². The number of nitrogens with one attached hydrogen (secondary N) is 1. The Morgan fingerprint density at radius 3 is 2.58 bits per heavy atom. The second kappa shape index (κ2) is 7.63. The molecule has 142 valence electrons. The molecule has 0 aliphatic carbocycles. The number of alkyl carbamates (subject to hydrolysis) is 1. The molecule has 0 bridgehead atoms. The Balaban J connectivity index is 2.40. The first kappa shape index (κ1) is 19.6. The number of amides is 2. The van der Waals surface area contributed by atoms with Gasteiger partial charge in [0.1, 0.15) is 5.75 Å². The molecule has 1 heterocycles. The SMILES string of the molecule is CCc1cc2c(cc1CC(=O)O)N(CCNC(=O)OC)C(=O)C(C)(C)O2. The van der Waals surface area contributed by atoms with Crippen molar-refractivity contribution in [2.75, 3.05) is 25.1 Å². The predicted octanol–water partition coefficient (Wildman–Crippen LogP) is 1.74. The molecule has 0 aromatic heterocycles. The monoisotopic (exact) mass is 364 g/mol. The summed E-state index contributed by atoms with van der Waals surface area (Å²) in [6.45, 7) is 5.69. The minimum atomic E-state index is -1.06. The molecule has 0 spiro atoms. The van der Waals surface area contributed by atoms with E-state index in [1.165, 1.54) is 12.0 Å². The maximum atomic E-state index is 12.8. The number of hydrogen-bond acceptors (Lipinski definition) is 5. The first-order valence-corrected chi connectivity index (χ1v) is 8.40. The van der Waals surface area contributed by atoms with Gasteiger partial charge in [0.25, 0.3) is 5.91 Å². The van der Waals surface area contributed by atoms with Crippen molar-refractivity contribution in [3.8, 4) is 5.75 Å². The molecule has 2 rings (SSSR count). The number of fused-ring (bicyclic) bond motifs is 1. The highest BCUT2D eigenvalue weighted by atomic mass is 16.5. The molecule has 0 saturated heterocycles. The molecule has 1 aromatic rings. The van der Waals surface area contributed by atoms with E-state index >= 15 is 0 Å². The van der Waals surface area contributed by atoms with Gasteiger partial charge in [-0.1, -0.05) is 6.92 Å². The summed E-state index contributed by atoms with van der Waals surface area (Å²) in [5, 5.41) is 11.7. The van der Waals surface area contributed by atoms with Gasteiger partial charge in [-0.25, -0.2) is 4.79 Å². The van der Waals surface area contributed by atoms with Gasteiger partial charge in [-0.3, -0.25) is 9.59 Å². The topological polar surface area (TPSA) is 105 Å². The standard InChI is InChI=1S/C18H24N2O6/c1-5-11-9-14-13(8-12(11)10-15(21)22)20(7-6-19-17(24)25-4)16(23)18(2,3)26-14/h8-9H,5-7,10H2,1-4H3,(H,19,24)(H,21,22). The number of hydrogen-bond donors (Lipinski definition) is 2. The maximum Gasteiger partial charge on any atom is 0.406 e. The van der Waals surface area contributed by atoms with Gasteiger partial charge in [-0.2, -0.15) is 0 Å². The number of carbonyl (C=O) groups excluding carboxylic acids is 2. The van der Waals surface area contributed by atoms with E-state index in [2.05, 4.69) is 10.1 Å². The van der Waals surface area contributed by atoms with E-state index in [-0.39, 0.29) is 25.4 Å². The van der Waals surface area contributed by atoms with Crippen LogP contribution in [0.4, 0.5) is 10.5 Å². The molecule has 8 nitrogen and oxygen atoms in total. The van der Waals surface area contributed by atoms with Gasteiger partial charge >= 0.3 is 12.1 Å². The molecular weight excluding hydrogens is 340 g/mol. The number of carboxylic acid groups (broad SMARTS) is 1. The molecule has 0 saturated carbocycles. The normalized spacial score (nSPS) is 15.1. The van der Waals surface area contributed by atoms with Gasteiger partial charge in [0, 0.05) is 13.1 Å². The second-order valence-electron chi connectivity index (χ2n) is 6.50. The number of ether oxygens (including phenoxy) is 2. The first-order valence-electron chi connectivity index (χ1n) is 8.40. The van der Waals surface area contributed by atoms with E-state index in [0.29, 0.717) is 23.4 Å². The van der Waals surface area contributed by atoms with Gasteiger partial charge in [-0.05, 0) is 43.5 Å². The molecule has 8 heteroatoms. The van der Waals surface area contributed by atoms with E-state index in [0.717, 1.165) is 5.56 Å². The molecule has 2 amide bonds. The van der Waals surface area contributed by atoms with Crippen molar-refractivity contribution in [3.63, 3.8) is 0 Å². The fourth-order valence-electron chi connectivity index (χ4n) is 2.92. The molecule has 26 heavy (non-hydrogen) atoms. The van der Waals surface area contributed by atoms with E-state index in [1.54, 1.807) is 26.0 Å². The number of nitrogens with zero attached hydrogens (tertiary/aromatic N) is 1. The quantitative estimate of drug-likeness (QED) is 0.796. The van der Waals surface area contributed by atoms with Crippen LogP contribution in [0.3, 0.4) is 0 Å². The third-order valence-corrected chi connectivity index (χ3v) is 4.21. The van der Waals surface area contributed by atoms with Gasteiger partial charge in [0.15, 0.2) is 5.60 Å². The lowest BCUT2D eigenvalue weighted by Gasteiger charge is -2.39. The number of anilines is 1. The lowest BCUT2D eigenvalue weighted by Crippen LogP contribution is -2.54. The van der Waals surface area contributed by atoms with E-state index in [9.17, 15) is 14.4 Å². The minimum Gasteiger partial charge on any atom is -0.481 e. The average molecular weight is 364 g/mol. The molecule has 0 atom stereocenters. The van der Waals surface area contributed by atoms with E-state index in [1.807, 2.05) is 6.92 Å². The fraction of sp³-hybridized carbons (Fsp3) is 0.500. The number of aliphatic carboxylic acids is 1. The van der Waals surface area contributed by atoms with Crippen LogP contribution in [-0.4, -0.2) is 48.9 Å². The smallest absolute Gasteiger partial charge is 0.406 e. The highest BCUT2D eigenvalue weighted by molar-refractivity contribution is 6.02. The minimum absolute atomic E-state index is 0.137. The zero-order valence-electron chi connectivity index (χ0n) is 15.4. The van der Waals surface area contributed by atoms with E-state index in [4.69, 9.17) is 9.84 Å². The van der Waals surface area contributed by atoms with Crippen molar-refractivity contribution >= 4 is 23.7 Å². The average Bonchev–Trinajstić information content (AvgIpc) is 2.57. The molecule has 0 radical (unpaired) electrons. The summed E-state index contributed by atoms with van der Waals surface area (Å²) < 4.78 is 10.4. The van der Waals surface area contributed by atoms with Crippen LogP contribution in [0.1, 0.15) is 31.9 Å². The molecule has 1 aliphatic rings. The maximum absolute atomic E-state index is 12.8. The molecule has 0 fully saturated rings. The van der Waals surface area contributed by atoms with Crippen molar-refractivity contribution in [3.05, 3.63) is 23.3 Å². The number of carbonyl (C=O) groups is 3. The first-order chi connectivity index (χ1) is 12.2. The summed E-state index contributed by atoms with van der Waals surface area (Å²) in [6, 6.07) is 3.48. The Morgan fingerprint density at radius 1 is 1.31 bits per heavy atom. The zero-order chi connectivity index (χ0) is 19.5. The second-order valence-corrected chi connectivity index (χ2v) is 6.50. The van der Waals surface area contributed by atoms with Gasteiger partial charge in [-0.15, -0.1) is 0 Å². The van der Waals surface area contributed by atoms with Crippen LogP contribution in [-0.2, 0) is 27.2 Å². The fourth-order valence-corrected chi connectivity index (χ4v) is 2.92. The summed E-state index contributed by atoms with van der Waals surface area (Å²) >= 11 is 0. The van der Waals surface area contributed by atoms with Gasteiger partial charge in [0.05, 0.1) is 19.2 Å². The molecule has 1 aromatic carbocycles. The van der Waals surface area contributed by atoms with Crippen LogP contribution in [0.2, 0.25) is 0 Å². The lowest BCUT2D eigenvalue weighted by atomic mass is 9.97. The molecular formula is C18H24N2O6. The lowest BCUT2D eigenvalue weighted by molar-refractivity contribution is -0.136. The largest absolute Gasteiger partial charge is 0.481 e. The Labute approximate surface area is 152 Å². The Kier molecular flexibility index (Phi) is 5.74. The van der Waals surface area contributed by atoms with E-state index < -0.39 is 17.7 Å². The van der Waals surface area contributed by atoms with Crippen molar-refractivity contribution in [1.29, 1.82) is 0 Å². The number of benzene rings is 1. The summed E-state index contributed by atoms with van der Waals surface area (Å²) in [6.07, 6.45) is -0.0714. The van der Waals surface area contributed by atoms with Crippen molar-refractivity contribution in [2.24, 2.45) is 0 Å². The number of rotatable bonds is 6. The Morgan fingerprint density at radius 2 is 2.00 bits per heavy atom. The van der Waals surface area contributed by atoms with Gasteiger partial charge < -0.3 is 24.8 Å². The third-order valence-electron chi connectivity index (χ3n) is 4.21. The third kappa shape index (κ3) is 4.07. The Hall–Kier alpha value is -2.77. The molecule has 1 aliphatic heterocycles. The number of methoxy groups -OCH3 is 1. The summed E-state index contributed by atoms with van der Waals surface area (Å²) in [5.74, 6) is -0.678. The highest BCUT2D eigenvalue weighted by Crippen LogP contribution is 2.40. The van der Waals surface area contributed by atoms with Crippen LogP contribution in [0, 0.1) is 0 Å².